The Labute approximate surface area is 97.6 Å². The molecule has 0 radical (unpaired) electrons. The van der Waals surface area contributed by atoms with Gasteiger partial charge in [-0.2, -0.15) is 0 Å². The van der Waals surface area contributed by atoms with E-state index in [1.165, 1.54) is 0 Å². The van der Waals surface area contributed by atoms with Crippen LogP contribution in [-0.4, -0.2) is 10.9 Å². The van der Waals surface area contributed by atoms with Gasteiger partial charge in [-0.1, -0.05) is 45.1 Å². The molecule has 0 heterocycles. The van der Waals surface area contributed by atoms with Crippen molar-refractivity contribution in [1.82, 2.24) is 0 Å². The molecule has 0 saturated heterocycles. The Kier molecular flexibility index (Phi) is 6.93. The Hall–Kier alpha value is -1.57. The van der Waals surface area contributed by atoms with Crippen molar-refractivity contribution < 1.29 is 9.90 Å². The van der Waals surface area contributed by atoms with Gasteiger partial charge < -0.3 is 5.11 Å². The molecule has 0 aromatic heterocycles. The number of Topliss-reactive ketones (excluding diaryl/α,β-unsaturated/α-hetero) is 1. The second-order valence-electron chi connectivity index (χ2n) is 3.02. The Morgan fingerprint density at radius 2 is 2.00 bits per heavy atom. The smallest absolute Gasteiger partial charge is 0.166 e. The van der Waals surface area contributed by atoms with Gasteiger partial charge in [0.2, 0.25) is 0 Å². The number of phenols is 1. The average Bonchev–Trinajstić information content (AvgIpc) is 2.34. The molecular formula is C14H20O2. The minimum absolute atomic E-state index is 0.0335. The van der Waals surface area contributed by atoms with Crippen molar-refractivity contribution in [2.45, 2.75) is 34.1 Å². The van der Waals surface area contributed by atoms with E-state index in [-0.39, 0.29) is 11.5 Å². The molecule has 1 rings (SSSR count). The predicted octanol–water partition coefficient (Wildman–Crippen LogP) is 4.04. The first-order chi connectivity index (χ1) is 7.70. The van der Waals surface area contributed by atoms with E-state index in [0.717, 1.165) is 0 Å². The second-order valence-corrected chi connectivity index (χ2v) is 3.02. The van der Waals surface area contributed by atoms with Crippen molar-refractivity contribution in [2.75, 3.05) is 0 Å². The SMILES string of the molecule is C/C=C/c1cccc(C(=O)CC)c1O.CC. The molecule has 0 atom stereocenters. The number of carbonyl (C=O) groups is 1. The molecule has 1 N–H and O–H groups in total. The lowest BCUT2D eigenvalue weighted by molar-refractivity contribution is 0.0985. The molecule has 1 aromatic rings. The van der Waals surface area contributed by atoms with Crippen molar-refractivity contribution >= 4 is 11.9 Å². The lowest BCUT2D eigenvalue weighted by atomic mass is 10.0. The minimum Gasteiger partial charge on any atom is -0.507 e. The Bertz CT molecular complexity index is 365. The Morgan fingerprint density at radius 1 is 1.38 bits per heavy atom. The summed E-state index contributed by atoms with van der Waals surface area (Å²) in [5.41, 5.74) is 1.09. The third kappa shape index (κ3) is 3.54. The number of aromatic hydroxyl groups is 1. The predicted molar refractivity (Wildman–Crippen MR) is 68.8 cm³/mol. The molecule has 2 heteroatoms. The Balaban J connectivity index is 0.00000106. The number of carbonyl (C=O) groups excluding carboxylic acids is 1. The van der Waals surface area contributed by atoms with Crippen molar-refractivity contribution in [2.24, 2.45) is 0 Å². The maximum atomic E-state index is 11.4. The number of hydrogen-bond acceptors (Lipinski definition) is 2. The first-order valence-corrected chi connectivity index (χ1v) is 5.68. The van der Waals surface area contributed by atoms with Gasteiger partial charge in [0.1, 0.15) is 5.75 Å². The maximum Gasteiger partial charge on any atom is 0.166 e. The topological polar surface area (TPSA) is 37.3 Å². The monoisotopic (exact) mass is 220 g/mol. The highest BCUT2D eigenvalue weighted by molar-refractivity contribution is 5.99. The van der Waals surface area contributed by atoms with Gasteiger partial charge in [0.05, 0.1) is 5.56 Å². The average molecular weight is 220 g/mol. The van der Waals surface area contributed by atoms with Crippen LogP contribution >= 0.6 is 0 Å². The van der Waals surface area contributed by atoms with Crippen LogP contribution < -0.4 is 0 Å². The quantitative estimate of drug-likeness (QED) is 0.780. The van der Waals surface area contributed by atoms with E-state index in [2.05, 4.69) is 0 Å². The summed E-state index contributed by atoms with van der Waals surface area (Å²) in [5, 5.41) is 9.75. The minimum atomic E-state index is -0.0335. The van der Waals surface area contributed by atoms with Crippen LogP contribution in [-0.2, 0) is 0 Å². The normalized spacial score (nSPS) is 9.75. The van der Waals surface area contributed by atoms with Crippen molar-refractivity contribution in [3.05, 3.63) is 35.4 Å². The summed E-state index contributed by atoms with van der Waals surface area (Å²) in [6.45, 7) is 7.65. The number of allylic oxidation sites excluding steroid dienone is 1. The number of hydrogen-bond donors (Lipinski definition) is 1. The molecule has 1 aromatic carbocycles. The van der Waals surface area contributed by atoms with E-state index < -0.39 is 0 Å². The number of benzene rings is 1. The highest BCUT2D eigenvalue weighted by atomic mass is 16.3. The summed E-state index contributed by atoms with van der Waals surface area (Å²) in [6.07, 6.45) is 4.02. The molecule has 0 bridgehead atoms. The van der Waals surface area contributed by atoms with E-state index >= 15 is 0 Å². The third-order valence-electron chi connectivity index (χ3n) is 2.03. The summed E-state index contributed by atoms with van der Waals surface area (Å²) in [6, 6.07) is 5.20. The molecule has 2 nitrogen and oxygen atoms in total. The summed E-state index contributed by atoms with van der Waals surface area (Å²) in [7, 11) is 0. The molecule has 0 aliphatic rings. The highest BCUT2D eigenvalue weighted by Crippen LogP contribution is 2.24. The van der Waals surface area contributed by atoms with Crippen LogP contribution in [0.2, 0.25) is 0 Å². The number of ketones is 1. The maximum absolute atomic E-state index is 11.4. The fourth-order valence-electron chi connectivity index (χ4n) is 1.29. The largest absolute Gasteiger partial charge is 0.507 e. The number of rotatable bonds is 3. The van der Waals surface area contributed by atoms with Crippen molar-refractivity contribution in [3.63, 3.8) is 0 Å². The lowest BCUT2D eigenvalue weighted by Gasteiger charge is -2.04. The Morgan fingerprint density at radius 3 is 2.50 bits per heavy atom. The number of phenolic OH excluding ortho intramolecular Hbond substituents is 1. The van der Waals surface area contributed by atoms with Gasteiger partial charge >= 0.3 is 0 Å². The van der Waals surface area contributed by atoms with Gasteiger partial charge in [-0.25, -0.2) is 0 Å². The van der Waals surface area contributed by atoms with Crippen molar-refractivity contribution in [1.29, 1.82) is 0 Å². The van der Waals surface area contributed by atoms with Crippen LogP contribution in [0.4, 0.5) is 0 Å². The summed E-state index contributed by atoms with van der Waals surface area (Å²) < 4.78 is 0. The zero-order valence-corrected chi connectivity index (χ0v) is 10.4. The van der Waals surface area contributed by atoms with Crippen LogP contribution in [0.25, 0.3) is 6.08 Å². The van der Waals surface area contributed by atoms with E-state index in [9.17, 15) is 9.90 Å². The molecule has 0 saturated carbocycles. The third-order valence-corrected chi connectivity index (χ3v) is 2.03. The van der Waals surface area contributed by atoms with Crippen LogP contribution in [0.5, 0.6) is 5.75 Å². The van der Waals surface area contributed by atoms with Crippen molar-refractivity contribution in [3.8, 4) is 5.75 Å². The van der Waals surface area contributed by atoms with Gasteiger partial charge in [-0.15, -0.1) is 0 Å². The fraction of sp³-hybridized carbons (Fsp3) is 0.357. The van der Waals surface area contributed by atoms with Crippen LogP contribution in [0.15, 0.2) is 24.3 Å². The number of para-hydroxylation sites is 1. The molecule has 0 spiro atoms. The fourth-order valence-corrected chi connectivity index (χ4v) is 1.29. The zero-order valence-electron chi connectivity index (χ0n) is 10.4. The molecule has 0 aliphatic heterocycles. The van der Waals surface area contributed by atoms with E-state index in [1.54, 1.807) is 31.2 Å². The van der Waals surface area contributed by atoms with Gasteiger partial charge in [-0.05, 0) is 13.0 Å². The van der Waals surface area contributed by atoms with E-state index in [4.69, 9.17) is 0 Å². The zero-order chi connectivity index (χ0) is 12.6. The van der Waals surface area contributed by atoms with E-state index in [0.29, 0.717) is 17.5 Å². The second kappa shape index (κ2) is 7.69. The summed E-state index contributed by atoms with van der Waals surface area (Å²) >= 11 is 0. The van der Waals surface area contributed by atoms with E-state index in [1.807, 2.05) is 26.8 Å². The first kappa shape index (κ1) is 14.4. The molecule has 0 aliphatic carbocycles. The van der Waals surface area contributed by atoms with Gasteiger partial charge in [0.25, 0.3) is 0 Å². The molecule has 0 unspecified atom stereocenters. The molecule has 0 amide bonds. The summed E-state index contributed by atoms with van der Waals surface area (Å²) in [5.74, 6) is 0.0475. The summed E-state index contributed by atoms with van der Waals surface area (Å²) in [4.78, 5) is 11.4. The molecular weight excluding hydrogens is 200 g/mol. The van der Waals surface area contributed by atoms with Gasteiger partial charge in [-0.3, -0.25) is 4.79 Å². The first-order valence-electron chi connectivity index (χ1n) is 5.68. The lowest BCUT2D eigenvalue weighted by Crippen LogP contribution is -1.97. The van der Waals surface area contributed by atoms with Gasteiger partial charge in [0.15, 0.2) is 5.78 Å². The standard InChI is InChI=1S/C12H14O2.C2H6/c1-3-6-9-7-5-8-10(12(9)14)11(13)4-2;1-2/h3,5-8,14H,4H2,1-2H3;1-2H3/b6-3+;. The van der Waals surface area contributed by atoms with Gasteiger partial charge in [0, 0.05) is 12.0 Å². The molecule has 16 heavy (non-hydrogen) atoms. The van der Waals surface area contributed by atoms with Crippen LogP contribution in [0.3, 0.4) is 0 Å². The molecule has 0 fully saturated rings. The molecule has 88 valence electrons. The highest BCUT2D eigenvalue weighted by Gasteiger charge is 2.10. The van der Waals surface area contributed by atoms with Crippen LogP contribution in [0.1, 0.15) is 50.0 Å². The van der Waals surface area contributed by atoms with Crippen LogP contribution in [0, 0.1) is 0 Å².